The standard InChI is InChI=1S/C20H18Cl2N2O2S.C13H12BrCl2NS.C7H6NO2.3C4H9.Sn/c1-11(2)9-17-18(12-7-8-13(21)14(22)10-12)24-19(27-17)15-5-4-6-16(23-15)20(25)26-3;1-7(2)5-11-12(17-13(14)18-11)8-3-4-9(15)10(16)6-8;1-10-7(9)6-4-2-3-5-8-6;3*1-3-4-2;/h4-8,10-11H,9H2,1-3H3;3-4,6-7H,5H2,1-2H3;2-4H,1H3;3*1,3-4H2,2H3;. The third kappa shape index (κ3) is 17.0. The van der Waals surface area contributed by atoms with Gasteiger partial charge >= 0.3 is 152 Å². The molecule has 0 aliphatic heterocycles. The molecule has 4 aromatic heterocycles. The van der Waals surface area contributed by atoms with Gasteiger partial charge in [-0.1, -0.05) is 92.3 Å². The number of thiazole rings is 2. The molecule has 0 saturated heterocycles. The number of rotatable bonds is 19. The number of hydrogen-bond acceptors (Lipinski definition) is 10. The number of ether oxygens (including phenoxy) is 2. The van der Waals surface area contributed by atoms with Crippen LogP contribution in [0.15, 0.2) is 76.7 Å². The summed E-state index contributed by atoms with van der Waals surface area (Å²) in [4.78, 5) is 44.6. The Kier molecular flexibility index (Phi) is 24.7. The predicted molar refractivity (Wildman–Crippen MR) is 295 cm³/mol. The zero-order valence-electron chi connectivity index (χ0n) is 40.5. The van der Waals surface area contributed by atoms with Crippen LogP contribution in [-0.4, -0.2) is 64.5 Å². The number of hydrogen-bond donors (Lipinski definition) is 0. The first-order chi connectivity index (χ1) is 32.5. The molecule has 0 atom stereocenters. The van der Waals surface area contributed by atoms with Gasteiger partial charge < -0.3 is 4.74 Å². The Morgan fingerprint density at radius 3 is 1.51 bits per heavy atom. The van der Waals surface area contributed by atoms with Crippen LogP contribution in [-0.2, 0) is 22.3 Å². The van der Waals surface area contributed by atoms with Crippen LogP contribution in [0.3, 0.4) is 0 Å². The van der Waals surface area contributed by atoms with Crippen LogP contribution in [0.25, 0.3) is 33.2 Å². The Bertz CT molecular complexity index is 2550. The Labute approximate surface area is 444 Å². The zero-order chi connectivity index (χ0) is 50.0. The van der Waals surface area contributed by atoms with Gasteiger partial charge in [-0.15, -0.1) is 22.7 Å². The van der Waals surface area contributed by atoms with Crippen molar-refractivity contribution in [1.82, 2.24) is 19.9 Å². The van der Waals surface area contributed by atoms with Crippen molar-refractivity contribution in [1.29, 1.82) is 0 Å². The predicted octanol–water partition coefficient (Wildman–Crippen LogP) is 17.2. The van der Waals surface area contributed by atoms with Crippen molar-refractivity contribution in [2.24, 2.45) is 11.8 Å². The molecule has 366 valence electrons. The smallest absolute Gasteiger partial charge is 0.356 e. The Balaban J connectivity index is 0.000000227. The Morgan fingerprint density at radius 1 is 0.603 bits per heavy atom. The van der Waals surface area contributed by atoms with Gasteiger partial charge in [0.15, 0.2) is 3.92 Å². The molecule has 0 fully saturated rings. The van der Waals surface area contributed by atoms with Crippen LogP contribution >= 0.6 is 85.0 Å². The van der Waals surface area contributed by atoms with Crippen molar-refractivity contribution in [3.05, 3.63) is 118 Å². The molecule has 0 aliphatic carbocycles. The molecule has 6 aromatic rings. The summed E-state index contributed by atoms with van der Waals surface area (Å²) in [6, 6.07) is 22.4. The number of methoxy groups -OCH3 is 2. The van der Waals surface area contributed by atoms with Crippen molar-refractivity contribution < 1.29 is 19.1 Å². The van der Waals surface area contributed by atoms with Gasteiger partial charge in [0.25, 0.3) is 0 Å². The van der Waals surface area contributed by atoms with E-state index in [0.717, 1.165) is 49.2 Å². The van der Waals surface area contributed by atoms with Crippen LogP contribution in [0, 0.1) is 11.8 Å². The SMILES string of the molecule is CC(C)Cc1sc(Br)nc1-c1ccc(Cl)c(Cl)c1.CCC[CH2][Sn]([CH2]CCC)([CH2]CCC)[c]1cccc(C(=O)OC)n1.COC(=O)c1cccc(-c2nc(-c3ccc(Cl)c(Cl)c3)c(CC(C)C)s2)n1. The second kappa shape index (κ2) is 29.0. The zero-order valence-corrected chi connectivity index (χ0v) is 49.6. The first kappa shape index (κ1) is 58.0. The largest absolute Gasteiger partial charge is 0.464 e. The van der Waals surface area contributed by atoms with Gasteiger partial charge in [-0.25, -0.2) is 19.7 Å². The summed E-state index contributed by atoms with van der Waals surface area (Å²) in [5.41, 5.74) is 5.17. The summed E-state index contributed by atoms with van der Waals surface area (Å²) in [5, 5.41) is 2.88. The summed E-state index contributed by atoms with van der Waals surface area (Å²) in [7, 11) is 2.77. The number of unbranched alkanes of at least 4 members (excludes halogenated alkanes) is 3. The van der Waals surface area contributed by atoms with E-state index >= 15 is 0 Å². The minimum Gasteiger partial charge on any atom is -0.464 e. The molecule has 0 bridgehead atoms. The van der Waals surface area contributed by atoms with Gasteiger partial charge in [0.05, 0.1) is 44.3 Å². The quantitative estimate of drug-likeness (QED) is 0.0583. The van der Waals surface area contributed by atoms with Crippen molar-refractivity contribution >= 4 is 119 Å². The molecule has 68 heavy (non-hydrogen) atoms. The van der Waals surface area contributed by atoms with Crippen molar-refractivity contribution in [2.45, 2.75) is 113 Å². The molecular weight excluding hydrogens is 1150 g/mol. The van der Waals surface area contributed by atoms with E-state index in [4.69, 9.17) is 65.8 Å². The van der Waals surface area contributed by atoms with E-state index in [1.807, 2.05) is 42.5 Å². The number of pyridine rings is 2. The molecule has 0 saturated carbocycles. The number of carbonyl (C=O) groups excluding carboxylic acids is 2. The summed E-state index contributed by atoms with van der Waals surface area (Å²) in [6.07, 6.45) is 9.52. The van der Waals surface area contributed by atoms with Crippen LogP contribution < -0.4 is 3.71 Å². The fraction of sp³-hybridized carbons (Fsp3) is 0.423. The maximum absolute atomic E-state index is 11.9. The molecular formula is C52H63BrCl4N4O4S2Sn. The summed E-state index contributed by atoms with van der Waals surface area (Å²) < 4.78 is 15.9. The van der Waals surface area contributed by atoms with Crippen LogP contribution in [0.5, 0.6) is 0 Å². The average Bonchev–Trinajstić information content (AvgIpc) is 3.92. The van der Waals surface area contributed by atoms with E-state index < -0.39 is 24.3 Å². The molecule has 8 nitrogen and oxygen atoms in total. The minimum atomic E-state index is -2.54. The number of carbonyl (C=O) groups is 2. The number of benzene rings is 2. The molecule has 6 rings (SSSR count). The number of esters is 2. The molecule has 0 aliphatic rings. The first-order valence-electron chi connectivity index (χ1n) is 23.2. The molecule has 2 aromatic carbocycles. The second-order valence-electron chi connectivity index (χ2n) is 17.4. The molecule has 0 radical (unpaired) electrons. The fourth-order valence-corrected chi connectivity index (χ4v) is 26.7. The van der Waals surface area contributed by atoms with Gasteiger partial charge in [-0.05, 0) is 77.0 Å². The average molecular weight is 1210 g/mol. The minimum absolute atomic E-state index is 0.256. The van der Waals surface area contributed by atoms with Crippen molar-refractivity contribution in [3.63, 3.8) is 0 Å². The third-order valence-corrected chi connectivity index (χ3v) is 30.2. The van der Waals surface area contributed by atoms with E-state index in [1.54, 1.807) is 46.9 Å². The van der Waals surface area contributed by atoms with Gasteiger partial charge in [0.2, 0.25) is 0 Å². The van der Waals surface area contributed by atoms with Crippen LogP contribution in [0.2, 0.25) is 33.4 Å². The van der Waals surface area contributed by atoms with E-state index in [9.17, 15) is 9.59 Å². The molecule has 16 heteroatoms. The summed E-state index contributed by atoms with van der Waals surface area (Å²) in [6.45, 7) is 15.5. The topological polar surface area (TPSA) is 104 Å². The molecule has 0 spiro atoms. The van der Waals surface area contributed by atoms with Gasteiger partial charge in [0, 0.05) is 20.9 Å². The molecule has 0 N–H and O–H groups in total. The van der Waals surface area contributed by atoms with Crippen LogP contribution in [0.4, 0.5) is 0 Å². The van der Waals surface area contributed by atoms with E-state index in [0.29, 0.717) is 43.3 Å². The van der Waals surface area contributed by atoms with E-state index in [2.05, 4.69) is 80.4 Å². The van der Waals surface area contributed by atoms with Gasteiger partial charge in [-0.3, -0.25) is 0 Å². The maximum Gasteiger partial charge on any atom is 0.356 e. The van der Waals surface area contributed by atoms with Crippen molar-refractivity contribution in [2.75, 3.05) is 14.2 Å². The third-order valence-electron chi connectivity index (χ3n) is 11.0. The second-order valence-corrected chi connectivity index (χ2v) is 35.5. The van der Waals surface area contributed by atoms with E-state index in [1.165, 1.54) is 74.6 Å². The monoisotopic (exact) mass is 1210 g/mol. The molecule has 0 unspecified atom stereocenters. The summed E-state index contributed by atoms with van der Waals surface area (Å²) >= 11 is 28.4. The van der Waals surface area contributed by atoms with Gasteiger partial charge in [-0.2, -0.15) is 0 Å². The van der Waals surface area contributed by atoms with Gasteiger partial charge in [0.1, 0.15) is 10.7 Å². The Hall–Kier alpha value is -2.62. The fourth-order valence-electron chi connectivity index (χ4n) is 7.57. The maximum atomic E-state index is 11.9. The first-order valence-corrected chi connectivity index (χ1v) is 34.6. The van der Waals surface area contributed by atoms with Crippen molar-refractivity contribution in [3.8, 4) is 33.2 Å². The Morgan fingerprint density at radius 2 is 1.06 bits per heavy atom. The normalized spacial score (nSPS) is 11.2. The van der Waals surface area contributed by atoms with Crippen LogP contribution in [0.1, 0.15) is 118 Å². The van der Waals surface area contributed by atoms with E-state index in [-0.39, 0.29) is 11.7 Å². The molecule has 4 heterocycles. The number of halogens is 5. The molecule has 0 amide bonds. The number of nitrogens with zero attached hydrogens (tertiary/aromatic N) is 4. The number of aromatic nitrogens is 4. The summed E-state index contributed by atoms with van der Waals surface area (Å²) in [5.74, 6) is 0.280.